The third-order valence-electron chi connectivity index (χ3n) is 2.65. The fourth-order valence-electron chi connectivity index (χ4n) is 1.69. The Balaban J connectivity index is 1.92. The Kier molecular flexibility index (Phi) is 4.99. The van der Waals surface area contributed by atoms with Gasteiger partial charge in [0.1, 0.15) is 24.7 Å². The second-order valence-corrected chi connectivity index (χ2v) is 4.14. The van der Waals surface area contributed by atoms with Crippen molar-refractivity contribution >= 4 is 0 Å². The molecule has 0 aromatic heterocycles. The molecule has 0 spiro atoms. The van der Waals surface area contributed by atoms with Crippen molar-refractivity contribution in [1.29, 1.82) is 5.26 Å². The highest BCUT2D eigenvalue weighted by atomic mass is 16.5. The lowest BCUT2D eigenvalue weighted by molar-refractivity contribution is 0.201. The Labute approximate surface area is 117 Å². The van der Waals surface area contributed by atoms with Crippen molar-refractivity contribution in [2.45, 2.75) is 6.61 Å². The van der Waals surface area contributed by atoms with Crippen LogP contribution in [0.5, 0.6) is 11.5 Å². The van der Waals surface area contributed by atoms with E-state index in [1.807, 2.05) is 12.1 Å². The highest BCUT2D eigenvalue weighted by molar-refractivity contribution is 5.34. The normalized spacial score (nSPS) is 9.80. The first-order valence-corrected chi connectivity index (χ1v) is 6.27. The molecule has 2 aromatic rings. The van der Waals surface area contributed by atoms with Gasteiger partial charge in [-0.3, -0.25) is 0 Å². The van der Waals surface area contributed by atoms with Crippen molar-refractivity contribution in [1.82, 2.24) is 0 Å². The minimum Gasteiger partial charge on any atom is -0.491 e. The fraction of sp³-hybridized carbons (Fsp3) is 0.188. The molecule has 4 nitrogen and oxygen atoms in total. The molecule has 0 aliphatic carbocycles. The lowest BCUT2D eigenvalue weighted by Crippen LogP contribution is -2.01. The number of benzene rings is 2. The Morgan fingerprint density at radius 1 is 1.00 bits per heavy atom. The van der Waals surface area contributed by atoms with Crippen molar-refractivity contribution in [2.24, 2.45) is 0 Å². The Bertz CT molecular complexity index is 587. The van der Waals surface area contributed by atoms with E-state index in [-0.39, 0.29) is 13.2 Å². The van der Waals surface area contributed by atoms with E-state index in [2.05, 4.69) is 6.07 Å². The van der Waals surface area contributed by atoms with Gasteiger partial charge < -0.3 is 14.6 Å². The molecule has 0 radical (unpaired) electrons. The first kappa shape index (κ1) is 13.9. The summed E-state index contributed by atoms with van der Waals surface area (Å²) in [6, 6.07) is 16.6. The fourth-order valence-corrected chi connectivity index (χ4v) is 1.69. The van der Waals surface area contributed by atoms with Crippen LogP contribution in [0.15, 0.2) is 48.5 Å². The van der Waals surface area contributed by atoms with Crippen molar-refractivity contribution < 1.29 is 14.6 Å². The van der Waals surface area contributed by atoms with E-state index in [1.165, 1.54) is 0 Å². The molecule has 2 rings (SSSR count). The smallest absolute Gasteiger partial charge is 0.120 e. The zero-order valence-electron chi connectivity index (χ0n) is 11.0. The summed E-state index contributed by atoms with van der Waals surface area (Å²) in [4.78, 5) is 0. The van der Waals surface area contributed by atoms with Gasteiger partial charge in [0.25, 0.3) is 0 Å². The number of hydrogen-bond acceptors (Lipinski definition) is 4. The Morgan fingerprint density at radius 3 is 2.35 bits per heavy atom. The summed E-state index contributed by atoms with van der Waals surface area (Å²) in [5.74, 6) is 1.42. The third kappa shape index (κ3) is 4.01. The molecule has 0 unspecified atom stereocenters. The third-order valence-corrected chi connectivity index (χ3v) is 2.65. The topological polar surface area (TPSA) is 62.5 Å². The molecule has 0 bridgehead atoms. The summed E-state index contributed by atoms with van der Waals surface area (Å²) < 4.78 is 10.9. The van der Waals surface area contributed by atoms with Gasteiger partial charge in [-0.15, -0.1) is 0 Å². The minimum atomic E-state index is -0.00646. The van der Waals surface area contributed by atoms with Crippen LogP contribution in [0.25, 0.3) is 0 Å². The van der Waals surface area contributed by atoms with Crippen molar-refractivity contribution in [2.75, 3.05) is 13.2 Å². The molecule has 102 valence electrons. The second-order valence-electron chi connectivity index (χ2n) is 4.14. The molecule has 2 aromatic carbocycles. The zero-order chi connectivity index (χ0) is 14.2. The van der Waals surface area contributed by atoms with Gasteiger partial charge in [0.15, 0.2) is 0 Å². The van der Waals surface area contributed by atoms with Crippen LogP contribution in [0.4, 0.5) is 0 Å². The number of aliphatic hydroxyl groups is 1. The number of nitrogens with zero attached hydrogens (tertiary/aromatic N) is 1. The van der Waals surface area contributed by atoms with Gasteiger partial charge in [0.05, 0.1) is 18.2 Å². The molecular formula is C16H15NO3. The quantitative estimate of drug-likeness (QED) is 0.875. The number of rotatable bonds is 6. The average molecular weight is 269 g/mol. The van der Waals surface area contributed by atoms with E-state index in [9.17, 15) is 0 Å². The van der Waals surface area contributed by atoms with Gasteiger partial charge in [0, 0.05) is 0 Å². The molecule has 0 saturated heterocycles. The molecule has 0 aliphatic rings. The molecule has 0 aliphatic heterocycles. The van der Waals surface area contributed by atoms with Gasteiger partial charge in [-0.1, -0.05) is 12.1 Å². The lowest BCUT2D eigenvalue weighted by Gasteiger charge is -2.08. The average Bonchev–Trinajstić information content (AvgIpc) is 2.52. The van der Waals surface area contributed by atoms with E-state index < -0.39 is 0 Å². The van der Waals surface area contributed by atoms with Crippen molar-refractivity contribution in [3.8, 4) is 17.6 Å². The molecule has 0 saturated carbocycles. The Morgan fingerprint density at radius 2 is 1.70 bits per heavy atom. The predicted molar refractivity (Wildman–Crippen MR) is 74.5 cm³/mol. The van der Waals surface area contributed by atoms with Crippen LogP contribution in [0.3, 0.4) is 0 Å². The maximum atomic E-state index is 8.83. The number of hydrogen-bond donors (Lipinski definition) is 1. The molecule has 1 N–H and O–H groups in total. The maximum absolute atomic E-state index is 8.83. The standard InChI is InChI=1S/C16H15NO3/c17-11-13-2-1-3-14(10-13)12-20-16-6-4-15(5-7-16)19-9-8-18/h1-7,10,18H,8-9,12H2. The summed E-state index contributed by atoms with van der Waals surface area (Å²) in [6.07, 6.45) is 0. The Hall–Kier alpha value is -2.51. The van der Waals surface area contributed by atoms with Crippen LogP contribution in [0.1, 0.15) is 11.1 Å². The molecule has 4 heteroatoms. The summed E-state index contributed by atoms with van der Waals surface area (Å²) in [5, 5.41) is 17.5. The van der Waals surface area contributed by atoms with Crippen LogP contribution >= 0.6 is 0 Å². The van der Waals surface area contributed by atoms with Crippen molar-refractivity contribution in [3.05, 3.63) is 59.7 Å². The van der Waals surface area contributed by atoms with Gasteiger partial charge in [-0.05, 0) is 42.0 Å². The van der Waals surface area contributed by atoms with E-state index >= 15 is 0 Å². The van der Waals surface area contributed by atoms with Gasteiger partial charge in [-0.2, -0.15) is 5.26 Å². The van der Waals surface area contributed by atoms with Crippen LogP contribution in [-0.2, 0) is 6.61 Å². The number of ether oxygens (including phenoxy) is 2. The van der Waals surface area contributed by atoms with Crippen LogP contribution in [0, 0.1) is 11.3 Å². The first-order valence-electron chi connectivity index (χ1n) is 6.27. The molecular weight excluding hydrogens is 254 g/mol. The zero-order valence-corrected chi connectivity index (χ0v) is 11.0. The molecule has 0 amide bonds. The van der Waals surface area contributed by atoms with Gasteiger partial charge in [-0.25, -0.2) is 0 Å². The first-order chi connectivity index (χ1) is 9.81. The summed E-state index contributed by atoms with van der Waals surface area (Å²) in [5.41, 5.74) is 1.57. The molecule has 20 heavy (non-hydrogen) atoms. The highest BCUT2D eigenvalue weighted by Crippen LogP contribution is 2.18. The molecule has 0 fully saturated rings. The predicted octanol–water partition coefficient (Wildman–Crippen LogP) is 2.51. The van der Waals surface area contributed by atoms with Gasteiger partial charge >= 0.3 is 0 Å². The van der Waals surface area contributed by atoms with E-state index in [0.29, 0.717) is 17.9 Å². The van der Waals surface area contributed by atoms with Crippen LogP contribution < -0.4 is 9.47 Å². The minimum absolute atomic E-state index is 0.00646. The SMILES string of the molecule is N#Cc1cccc(COc2ccc(OCCO)cc2)c1. The lowest BCUT2D eigenvalue weighted by atomic mass is 10.1. The van der Waals surface area contributed by atoms with Gasteiger partial charge in [0.2, 0.25) is 0 Å². The van der Waals surface area contributed by atoms with Crippen LogP contribution in [0.2, 0.25) is 0 Å². The maximum Gasteiger partial charge on any atom is 0.120 e. The summed E-state index contributed by atoms with van der Waals surface area (Å²) >= 11 is 0. The summed E-state index contributed by atoms with van der Waals surface area (Å²) in [7, 11) is 0. The van der Waals surface area contributed by atoms with E-state index in [4.69, 9.17) is 19.8 Å². The molecule has 0 atom stereocenters. The molecule has 0 heterocycles. The van der Waals surface area contributed by atoms with Crippen molar-refractivity contribution in [3.63, 3.8) is 0 Å². The van der Waals surface area contributed by atoms with E-state index in [0.717, 1.165) is 11.3 Å². The van der Waals surface area contributed by atoms with E-state index in [1.54, 1.807) is 36.4 Å². The van der Waals surface area contributed by atoms with Crippen LogP contribution in [-0.4, -0.2) is 18.3 Å². The summed E-state index contributed by atoms with van der Waals surface area (Å²) in [6.45, 7) is 0.682. The monoisotopic (exact) mass is 269 g/mol. The highest BCUT2D eigenvalue weighted by Gasteiger charge is 1.99. The number of aliphatic hydroxyl groups excluding tert-OH is 1. The second kappa shape index (κ2) is 7.17. The number of nitriles is 1. The largest absolute Gasteiger partial charge is 0.491 e.